The number of hydrogen-bond acceptors (Lipinski definition) is 38. The summed E-state index contributed by atoms with van der Waals surface area (Å²) < 4.78 is 144. The second kappa shape index (κ2) is 30.3. The highest BCUT2D eigenvalue weighted by atomic mass is 31.2. The highest BCUT2D eigenvalue weighted by Crippen LogP contribution is 2.55. The standard InChI is InChI=1S/C45H60N13O38P5/c46-21-1-6-54(41(67)49-21)37-28(63)32(17(89-37)12-83-97(72,73)74)93-99(77,78)85-15-20-35(31(66)40(92-20)58-10-5-25(60)53-45(58)71)96-101(81,82)87-14-19-34(30(65)39(91-19)56-8-3-23(48)51-43(56)69)95-100(79,80)86-13-18-33(29(64)38(90-18)55-7-2-22(47)50-42(55)68)94-98(75,76)84-11-16-26(61)27(62)36(88-16)57-9-4-24(59)52-44(57)70/h1-10,16-20,26-40,61-66H,11-15H2,(H,75,76)(H,77,78)(H,79,80)(H,81,82)(H2,46,49,67)(H2,47,50,68)(H2,48,51,69)(H,52,59,70)(H,53,60,71)(H2,72,73,74)/t16-,17-,18-,19-,20-,26-,27-,28-,29-,30-,31-,32-,33-,34-,35-,36-,37-,38-,39-,40-/m1/s1. The summed E-state index contributed by atoms with van der Waals surface area (Å²) in [4.78, 5) is 165. The molecule has 56 heteroatoms. The summed E-state index contributed by atoms with van der Waals surface area (Å²) in [5.41, 5.74) is 8.87. The highest BCUT2D eigenvalue weighted by Gasteiger charge is 2.56. The first kappa shape index (κ1) is 77.1. The summed E-state index contributed by atoms with van der Waals surface area (Å²) in [6.07, 6.45) is -37.9. The lowest BCUT2D eigenvalue weighted by Crippen LogP contribution is -2.39. The number of aromatic amines is 2. The van der Waals surface area contributed by atoms with E-state index < -0.39 is 234 Å². The molecule has 0 saturated carbocycles. The Kier molecular flexibility index (Phi) is 23.1. The Bertz CT molecular complexity index is 4550. The first-order chi connectivity index (χ1) is 47.2. The van der Waals surface area contributed by atoms with E-state index in [0.717, 1.165) is 61.3 Å². The minimum atomic E-state index is -5.96. The number of aliphatic hydroxyl groups is 6. The molecule has 5 aromatic heterocycles. The van der Waals surface area contributed by atoms with Gasteiger partial charge >= 0.3 is 67.6 Å². The SMILES string of the molecule is Nc1ccn([C@@H]2O[C@H](COP(=O)(O)O)[C@@H](OP(=O)(O)OC[C@H]3O[C@@H](n4ccc(=O)[nH]c4=O)[C@H](O)[C@@H]3OP(=O)(O)OC[C@H]3O[C@@H](n4ccc(N)nc4=O)[C@H](O)[C@@H]3OP(=O)(O)OC[C@H]3O[C@@H](n4ccc(N)nc4=O)[C@H](O)[C@@H]3OP(=O)(O)OC[C@H]3O[C@@H](n4ccc(=O)[nH]c4=O)[C@H](O)[C@@H]3O)[C@H]2O)c(=O)n1. The van der Waals surface area contributed by atoms with Crippen molar-refractivity contribution in [2.75, 3.05) is 50.2 Å². The Morgan fingerprint density at radius 1 is 0.366 bits per heavy atom. The van der Waals surface area contributed by atoms with Crippen LogP contribution in [0, 0.1) is 0 Å². The van der Waals surface area contributed by atoms with Crippen LogP contribution >= 0.6 is 39.1 Å². The first-order valence-electron chi connectivity index (χ1n) is 28.5. The fourth-order valence-corrected chi connectivity index (χ4v) is 14.8. The summed E-state index contributed by atoms with van der Waals surface area (Å²) >= 11 is 0. The van der Waals surface area contributed by atoms with Crippen molar-refractivity contribution in [2.24, 2.45) is 0 Å². The molecule has 0 aromatic carbocycles. The number of aliphatic hydroxyl groups excluding tert-OH is 6. The molecule has 0 aliphatic carbocycles. The summed E-state index contributed by atoms with van der Waals surface area (Å²) in [5, 5.41) is 67.4. The molecular formula is C45H60N13O38P5. The zero-order valence-electron chi connectivity index (χ0n) is 50.4. The molecule has 0 bridgehead atoms. The van der Waals surface area contributed by atoms with Gasteiger partial charge in [0.15, 0.2) is 31.1 Å². The van der Waals surface area contributed by atoms with E-state index in [-0.39, 0.29) is 17.5 Å². The zero-order chi connectivity index (χ0) is 73.7. The van der Waals surface area contributed by atoms with Gasteiger partial charge < -0.3 is 101 Å². The summed E-state index contributed by atoms with van der Waals surface area (Å²) in [6.45, 7) is -6.63. The fraction of sp³-hybridized carbons (Fsp3) is 0.556. The van der Waals surface area contributed by atoms with Gasteiger partial charge in [-0.05, 0) is 18.2 Å². The van der Waals surface area contributed by atoms with Gasteiger partial charge in [0.2, 0.25) is 0 Å². The second-order valence-corrected chi connectivity index (χ2v) is 28.9. The van der Waals surface area contributed by atoms with Gasteiger partial charge in [-0.15, -0.1) is 0 Å². The molecule has 5 aliphatic rings. The third-order valence-corrected chi connectivity index (χ3v) is 19.7. The highest BCUT2D eigenvalue weighted by molar-refractivity contribution is 7.48. The number of nitrogens with zero attached hydrogens (tertiary/aromatic N) is 8. The van der Waals surface area contributed by atoms with E-state index in [1.807, 2.05) is 9.97 Å². The number of H-pyrrole nitrogens is 2. The minimum absolute atomic E-state index is 0.308. The number of hydrogen-bond donors (Lipinski definition) is 17. The van der Waals surface area contributed by atoms with E-state index in [4.69, 9.17) is 77.1 Å². The molecule has 0 spiro atoms. The Morgan fingerprint density at radius 2 is 0.614 bits per heavy atom. The fourth-order valence-electron chi connectivity index (χ4n) is 10.6. The van der Waals surface area contributed by atoms with E-state index in [1.54, 1.807) is 0 Å². The maximum Gasteiger partial charge on any atom is 0.472 e. The summed E-state index contributed by atoms with van der Waals surface area (Å²) in [7, 11) is -28.7. The first-order valence-corrected chi connectivity index (χ1v) is 36.0. The van der Waals surface area contributed by atoms with Crippen LogP contribution in [-0.4, -0.2) is 232 Å². The third kappa shape index (κ3) is 18.0. The number of rotatable bonds is 28. The predicted octanol–water partition coefficient (Wildman–Crippen LogP) is -8.63. The Morgan fingerprint density at radius 3 is 0.891 bits per heavy atom. The van der Waals surface area contributed by atoms with Crippen molar-refractivity contribution in [2.45, 2.75) is 123 Å². The number of aromatic nitrogens is 10. The summed E-state index contributed by atoms with van der Waals surface area (Å²) in [6, 6.07) is 4.71. The minimum Gasteiger partial charge on any atom is -0.387 e. The van der Waals surface area contributed by atoms with E-state index in [1.165, 1.54) is 0 Å². The molecule has 5 aromatic rings. The Balaban J connectivity index is 0.857. The molecule has 558 valence electrons. The monoisotopic (exact) mass is 1550 g/mol. The smallest absolute Gasteiger partial charge is 0.387 e. The van der Waals surface area contributed by atoms with Crippen molar-refractivity contribution in [1.29, 1.82) is 0 Å². The lowest BCUT2D eigenvalue weighted by atomic mass is 10.1. The van der Waals surface area contributed by atoms with E-state index in [9.17, 15) is 116 Å². The van der Waals surface area contributed by atoms with Crippen molar-refractivity contribution in [3.63, 3.8) is 0 Å². The average molecular weight is 1550 g/mol. The van der Waals surface area contributed by atoms with Crippen LogP contribution in [-0.2, 0) is 87.2 Å². The maximum atomic E-state index is 14.1. The van der Waals surface area contributed by atoms with Crippen LogP contribution < -0.4 is 56.8 Å². The molecule has 0 amide bonds. The molecule has 5 saturated heterocycles. The summed E-state index contributed by atoms with van der Waals surface area (Å²) in [5.74, 6) is -1.03. The van der Waals surface area contributed by atoms with Crippen LogP contribution in [0.15, 0.2) is 94.9 Å². The van der Waals surface area contributed by atoms with Crippen LogP contribution in [0.3, 0.4) is 0 Å². The van der Waals surface area contributed by atoms with Crippen molar-refractivity contribution >= 4 is 56.6 Å². The molecule has 10 heterocycles. The molecule has 5 fully saturated rings. The van der Waals surface area contributed by atoms with Gasteiger partial charge in [0.05, 0.1) is 33.0 Å². The molecule has 51 nitrogen and oxygen atoms in total. The lowest BCUT2D eigenvalue weighted by molar-refractivity contribution is -0.0664. The van der Waals surface area contributed by atoms with Crippen LogP contribution in [0.1, 0.15) is 31.1 Å². The number of phosphoric acid groups is 5. The number of nitrogen functional groups attached to an aromatic ring is 3. The van der Waals surface area contributed by atoms with Crippen molar-refractivity contribution in [3.05, 3.63) is 134 Å². The second-order valence-electron chi connectivity index (χ2n) is 22.1. The normalized spacial score (nSPS) is 33.0. The topological polar surface area (TPSA) is 750 Å². The van der Waals surface area contributed by atoms with Crippen molar-refractivity contribution in [1.82, 2.24) is 47.8 Å². The largest absolute Gasteiger partial charge is 0.472 e. The molecule has 5 aliphatic heterocycles. The van der Waals surface area contributed by atoms with Crippen LogP contribution in [0.5, 0.6) is 0 Å². The molecular weight excluding hydrogens is 1490 g/mol. The van der Waals surface area contributed by atoms with E-state index >= 15 is 0 Å². The zero-order valence-corrected chi connectivity index (χ0v) is 54.9. The van der Waals surface area contributed by atoms with Gasteiger partial charge in [0.1, 0.15) is 109 Å². The van der Waals surface area contributed by atoms with E-state index in [0.29, 0.717) is 22.8 Å². The molecule has 4 unspecified atom stereocenters. The van der Waals surface area contributed by atoms with Crippen LogP contribution in [0.4, 0.5) is 17.5 Å². The van der Waals surface area contributed by atoms with Crippen molar-refractivity contribution < 1.29 is 147 Å². The van der Waals surface area contributed by atoms with E-state index in [2.05, 4.69) is 19.5 Å². The molecule has 0 radical (unpaired) electrons. The maximum absolute atomic E-state index is 14.1. The molecule has 24 atom stereocenters. The number of ether oxygens (including phenoxy) is 5. The Hall–Kier alpha value is -6.49. The molecule has 101 heavy (non-hydrogen) atoms. The van der Waals surface area contributed by atoms with Gasteiger partial charge in [-0.25, -0.2) is 46.8 Å². The predicted molar refractivity (Wildman–Crippen MR) is 318 cm³/mol. The molecule has 10 rings (SSSR count). The number of nitrogens with two attached hydrogens (primary N) is 3. The van der Waals surface area contributed by atoms with Gasteiger partial charge in [-0.1, -0.05) is 0 Å². The Labute approximate surface area is 557 Å². The van der Waals surface area contributed by atoms with Crippen LogP contribution in [0.25, 0.3) is 0 Å². The lowest BCUT2D eigenvalue weighted by Gasteiger charge is -2.27. The number of phosphoric ester groups is 5. The quantitative estimate of drug-likeness (QED) is 0.0207. The average Bonchev–Trinajstić information content (AvgIpc) is 1.63. The van der Waals surface area contributed by atoms with Gasteiger partial charge in [-0.2, -0.15) is 15.0 Å². The van der Waals surface area contributed by atoms with Crippen LogP contribution in [0.2, 0.25) is 0 Å². The van der Waals surface area contributed by atoms with Crippen molar-refractivity contribution in [3.8, 4) is 0 Å². The number of anilines is 3. The van der Waals surface area contributed by atoms with Gasteiger partial charge in [0.25, 0.3) is 11.1 Å². The van der Waals surface area contributed by atoms with Gasteiger partial charge in [0, 0.05) is 43.1 Å². The van der Waals surface area contributed by atoms with Gasteiger partial charge in [-0.3, -0.25) is 83.1 Å². The number of nitrogens with one attached hydrogen (secondary N) is 2. The molecule has 20 N–H and O–H groups in total. The third-order valence-electron chi connectivity index (χ3n) is 15.2.